The number of imidazole rings is 1. The van der Waals surface area contributed by atoms with Gasteiger partial charge in [-0.3, -0.25) is 9.36 Å². The van der Waals surface area contributed by atoms with E-state index in [4.69, 9.17) is 16.3 Å². The molecule has 130 valence electrons. The third-order valence-electron chi connectivity index (χ3n) is 3.85. The van der Waals surface area contributed by atoms with Crippen LogP contribution in [0.15, 0.2) is 34.1 Å². The summed E-state index contributed by atoms with van der Waals surface area (Å²) >= 11 is 5.86. The molecule has 0 spiro atoms. The van der Waals surface area contributed by atoms with Gasteiger partial charge in [0.15, 0.2) is 11.2 Å². The molecule has 3 aromatic rings. The van der Waals surface area contributed by atoms with Crippen molar-refractivity contribution in [2.45, 2.75) is 13.5 Å². The van der Waals surface area contributed by atoms with Gasteiger partial charge in [0.25, 0.3) is 5.56 Å². The van der Waals surface area contributed by atoms with Crippen molar-refractivity contribution >= 4 is 28.7 Å². The zero-order valence-electron chi connectivity index (χ0n) is 13.8. The Morgan fingerprint density at radius 3 is 2.68 bits per heavy atom. The van der Waals surface area contributed by atoms with Gasteiger partial charge in [-0.15, -0.1) is 0 Å². The summed E-state index contributed by atoms with van der Waals surface area (Å²) in [4.78, 5) is 41.2. The van der Waals surface area contributed by atoms with E-state index in [2.05, 4.69) is 4.98 Å². The number of hydrogen-bond donors (Lipinski definition) is 0. The Hall–Kier alpha value is -2.87. The normalized spacial score (nSPS) is 11.0. The summed E-state index contributed by atoms with van der Waals surface area (Å²) in [6.45, 7) is 1.23. The largest absolute Gasteiger partial charge is 0.425 e. The van der Waals surface area contributed by atoms with Gasteiger partial charge in [-0.2, -0.15) is 0 Å². The number of halogens is 1. The van der Waals surface area contributed by atoms with E-state index in [0.29, 0.717) is 16.3 Å². The minimum Gasteiger partial charge on any atom is -0.425 e. The average molecular weight is 363 g/mol. The second kappa shape index (κ2) is 6.21. The molecule has 0 amide bonds. The van der Waals surface area contributed by atoms with E-state index in [1.807, 2.05) is 0 Å². The molecule has 0 bridgehead atoms. The van der Waals surface area contributed by atoms with Gasteiger partial charge in [-0.05, 0) is 30.7 Å². The number of carbonyl (C=O) groups is 1. The maximum atomic E-state index is 12.5. The summed E-state index contributed by atoms with van der Waals surface area (Å²) in [6, 6.07) is 4.79. The molecule has 0 fully saturated rings. The minimum absolute atomic E-state index is 0.234. The first kappa shape index (κ1) is 17.0. The molecule has 2 aromatic heterocycles. The quantitative estimate of drug-likeness (QED) is 0.512. The Labute approximate surface area is 146 Å². The summed E-state index contributed by atoms with van der Waals surface area (Å²) in [5.41, 5.74) is -0.0692. The highest BCUT2D eigenvalue weighted by Gasteiger charge is 2.18. The van der Waals surface area contributed by atoms with Crippen LogP contribution in [0.2, 0.25) is 5.02 Å². The van der Waals surface area contributed by atoms with Gasteiger partial charge in [0.1, 0.15) is 12.3 Å². The minimum atomic E-state index is -0.730. The molecule has 0 radical (unpaired) electrons. The zero-order valence-corrected chi connectivity index (χ0v) is 14.6. The first-order chi connectivity index (χ1) is 11.8. The third-order valence-corrected chi connectivity index (χ3v) is 4.08. The molecule has 1 aromatic carbocycles. The summed E-state index contributed by atoms with van der Waals surface area (Å²) in [6.07, 6.45) is 1.44. The highest BCUT2D eigenvalue weighted by atomic mass is 35.5. The standard InChI is InChI=1S/C16H15ClN4O4/c1-9-6-10(17)4-5-11(9)25-12(22)7-21-15(23)13-14(18-8-19(13)2)20(3)16(21)24/h4-6,8H,7H2,1-3H3. The predicted octanol–water partition coefficient (Wildman–Crippen LogP) is 1.00. The number of esters is 1. The number of nitrogens with zero attached hydrogens (tertiary/aromatic N) is 4. The fraction of sp³-hybridized carbons (Fsp3) is 0.250. The van der Waals surface area contributed by atoms with E-state index in [9.17, 15) is 14.4 Å². The molecular formula is C16H15ClN4O4. The molecule has 0 aliphatic rings. The smallest absolute Gasteiger partial charge is 0.333 e. The second-order valence-electron chi connectivity index (χ2n) is 5.64. The van der Waals surface area contributed by atoms with Crippen molar-refractivity contribution in [3.63, 3.8) is 0 Å². The van der Waals surface area contributed by atoms with Gasteiger partial charge in [-0.1, -0.05) is 11.6 Å². The van der Waals surface area contributed by atoms with Gasteiger partial charge in [0.05, 0.1) is 6.33 Å². The van der Waals surface area contributed by atoms with Crippen LogP contribution in [-0.4, -0.2) is 24.7 Å². The number of aromatic nitrogens is 4. The molecule has 9 heteroatoms. The maximum absolute atomic E-state index is 12.5. The van der Waals surface area contributed by atoms with Gasteiger partial charge in [0, 0.05) is 19.1 Å². The fourth-order valence-corrected chi connectivity index (χ4v) is 2.77. The fourth-order valence-electron chi connectivity index (χ4n) is 2.55. The molecule has 0 saturated heterocycles. The molecule has 8 nitrogen and oxygen atoms in total. The van der Waals surface area contributed by atoms with Crippen molar-refractivity contribution in [1.29, 1.82) is 0 Å². The van der Waals surface area contributed by atoms with E-state index in [-0.39, 0.29) is 11.2 Å². The van der Waals surface area contributed by atoms with Crippen LogP contribution in [0.3, 0.4) is 0 Å². The van der Waals surface area contributed by atoms with Gasteiger partial charge in [-0.25, -0.2) is 19.1 Å². The van der Waals surface area contributed by atoms with Crippen molar-refractivity contribution in [3.8, 4) is 5.75 Å². The molecule has 0 atom stereocenters. The lowest BCUT2D eigenvalue weighted by Crippen LogP contribution is -2.42. The van der Waals surface area contributed by atoms with Gasteiger partial charge in [0.2, 0.25) is 0 Å². The van der Waals surface area contributed by atoms with Crippen LogP contribution >= 0.6 is 11.6 Å². The van der Waals surface area contributed by atoms with Crippen LogP contribution in [0.1, 0.15) is 5.56 Å². The van der Waals surface area contributed by atoms with E-state index < -0.39 is 23.8 Å². The highest BCUT2D eigenvalue weighted by molar-refractivity contribution is 6.30. The summed E-state index contributed by atoms with van der Waals surface area (Å²) < 4.78 is 8.80. The van der Waals surface area contributed by atoms with Crippen molar-refractivity contribution in [2.24, 2.45) is 14.1 Å². The molecule has 0 aliphatic carbocycles. The summed E-state index contributed by atoms with van der Waals surface area (Å²) in [5, 5.41) is 0.518. The van der Waals surface area contributed by atoms with Crippen molar-refractivity contribution in [3.05, 3.63) is 56.0 Å². The number of benzene rings is 1. The van der Waals surface area contributed by atoms with Gasteiger partial charge < -0.3 is 9.30 Å². The molecular weight excluding hydrogens is 348 g/mol. The van der Waals surface area contributed by atoms with E-state index in [1.54, 1.807) is 32.2 Å². The first-order valence-electron chi connectivity index (χ1n) is 7.37. The summed E-state index contributed by atoms with van der Waals surface area (Å²) in [5.74, 6) is -0.410. The van der Waals surface area contributed by atoms with Crippen LogP contribution in [0.5, 0.6) is 5.75 Å². The summed E-state index contributed by atoms with van der Waals surface area (Å²) in [7, 11) is 3.13. The van der Waals surface area contributed by atoms with Crippen molar-refractivity contribution in [2.75, 3.05) is 0 Å². The molecule has 0 saturated carbocycles. The Bertz CT molecular complexity index is 1110. The van der Waals surface area contributed by atoms with Crippen LogP contribution in [0.25, 0.3) is 11.2 Å². The molecule has 0 aliphatic heterocycles. The third kappa shape index (κ3) is 2.96. The maximum Gasteiger partial charge on any atom is 0.333 e. The lowest BCUT2D eigenvalue weighted by atomic mass is 10.2. The first-order valence-corrected chi connectivity index (χ1v) is 7.75. The SMILES string of the molecule is Cc1cc(Cl)ccc1OC(=O)Cn1c(=O)c2c(ncn2C)n(C)c1=O. The monoisotopic (exact) mass is 362 g/mol. The van der Waals surface area contributed by atoms with Crippen LogP contribution < -0.4 is 16.0 Å². The number of carbonyl (C=O) groups excluding carboxylic acids is 1. The molecule has 3 rings (SSSR count). The van der Waals surface area contributed by atoms with Crippen LogP contribution in [0, 0.1) is 6.92 Å². The molecule has 0 N–H and O–H groups in total. The van der Waals surface area contributed by atoms with E-state index in [0.717, 1.165) is 4.57 Å². The van der Waals surface area contributed by atoms with Crippen molar-refractivity contribution < 1.29 is 9.53 Å². The molecule has 0 unspecified atom stereocenters. The lowest BCUT2D eigenvalue weighted by molar-refractivity contribution is -0.135. The number of hydrogen-bond acceptors (Lipinski definition) is 5. The Morgan fingerprint density at radius 1 is 1.28 bits per heavy atom. The average Bonchev–Trinajstić information content (AvgIpc) is 2.94. The molecule has 2 heterocycles. The van der Waals surface area contributed by atoms with Crippen molar-refractivity contribution in [1.82, 2.24) is 18.7 Å². The Morgan fingerprint density at radius 2 is 2.00 bits per heavy atom. The van der Waals surface area contributed by atoms with E-state index >= 15 is 0 Å². The number of rotatable bonds is 3. The Balaban J connectivity index is 1.98. The zero-order chi connectivity index (χ0) is 18.3. The second-order valence-corrected chi connectivity index (χ2v) is 6.08. The van der Waals surface area contributed by atoms with E-state index in [1.165, 1.54) is 22.5 Å². The number of fused-ring (bicyclic) bond motifs is 1. The Kier molecular flexibility index (Phi) is 4.22. The predicted molar refractivity (Wildman–Crippen MR) is 92.0 cm³/mol. The van der Waals surface area contributed by atoms with Crippen LogP contribution in [0.4, 0.5) is 0 Å². The van der Waals surface area contributed by atoms with Crippen LogP contribution in [-0.2, 0) is 25.4 Å². The topological polar surface area (TPSA) is 88.1 Å². The van der Waals surface area contributed by atoms with Gasteiger partial charge >= 0.3 is 11.7 Å². The highest BCUT2D eigenvalue weighted by Crippen LogP contribution is 2.21. The number of ether oxygens (including phenoxy) is 1. The molecule has 25 heavy (non-hydrogen) atoms. The number of aryl methyl sites for hydroxylation is 3. The lowest BCUT2D eigenvalue weighted by Gasteiger charge is -2.10.